The van der Waals surface area contributed by atoms with Gasteiger partial charge in [0.15, 0.2) is 5.65 Å². The molecular formula is C21H20N4O4S. The van der Waals surface area contributed by atoms with Crippen molar-refractivity contribution in [3.63, 3.8) is 0 Å². The maximum atomic E-state index is 13.4. The molecule has 0 saturated heterocycles. The fraction of sp³-hybridized carbons (Fsp3) is 0.190. The third-order valence-corrected chi connectivity index (χ3v) is 6.08. The van der Waals surface area contributed by atoms with Crippen LogP contribution in [-0.2, 0) is 17.3 Å². The number of benzene rings is 2. The van der Waals surface area contributed by atoms with Crippen molar-refractivity contribution in [2.24, 2.45) is 0 Å². The number of aromatic nitrogens is 4. The molecule has 2 aromatic heterocycles. The molecule has 0 bridgehead atoms. The van der Waals surface area contributed by atoms with Gasteiger partial charge in [0, 0.05) is 11.2 Å². The Morgan fingerprint density at radius 3 is 2.53 bits per heavy atom. The minimum Gasteiger partial charge on any atom is -0.497 e. The van der Waals surface area contributed by atoms with Crippen LogP contribution in [0.15, 0.2) is 63.3 Å². The highest BCUT2D eigenvalue weighted by Gasteiger charge is 2.19. The van der Waals surface area contributed by atoms with Gasteiger partial charge < -0.3 is 9.72 Å². The van der Waals surface area contributed by atoms with Crippen LogP contribution >= 0.6 is 0 Å². The van der Waals surface area contributed by atoms with Crippen molar-refractivity contribution < 1.29 is 8.95 Å². The van der Waals surface area contributed by atoms with Crippen molar-refractivity contribution in [1.82, 2.24) is 19.1 Å². The van der Waals surface area contributed by atoms with E-state index in [1.165, 1.54) is 10.9 Å². The van der Waals surface area contributed by atoms with E-state index >= 15 is 0 Å². The van der Waals surface area contributed by atoms with E-state index in [2.05, 4.69) is 9.97 Å². The summed E-state index contributed by atoms with van der Waals surface area (Å²) in [4.78, 5) is 34.1. The topological polar surface area (TPSA) is 99.0 Å². The molecule has 0 unspecified atom stereocenters. The average molecular weight is 424 g/mol. The van der Waals surface area contributed by atoms with Crippen molar-refractivity contribution in [3.8, 4) is 11.4 Å². The second-order valence-corrected chi connectivity index (χ2v) is 8.16. The zero-order chi connectivity index (χ0) is 21.4. The molecule has 0 fully saturated rings. The number of imidazole rings is 1. The standard InChI is InChI=1S/C21H20N4O4S/c1-13-16(5-4-6-17(13)30(3)28)25-19-18(22-12-23-19)20(26)24(21(25)27)11-14-7-9-15(29-2)10-8-14/h4-10,12H,11H2,1-3H3,(H,22,23)/t30-/m1/s1. The zero-order valence-electron chi connectivity index (χ0n) is 16.7. The minimum atomic E-state index is -1.22. The molecule has 0 amide bonds. The maximum Gasteiger partial charge on any atom is 0.337 e. The van der Waals surface area contributed by atoms with E-state index in [1.807, 2.05) is 0 Å². The smallest absolute Gasteiger partial charge is 0.337 e. The Bertz CT molecular complexity index is 1380. The predicted octanol–water partition coefficient (Wildman–Crippen LogP) is 1.98. The van der Waals surface area contributed by atoms with Gasteiger partial charge in [-0.05, 0) is 42.3 Å². The number of fused-ring (bicyclic) bond motifs is 1. The molecule has 0 spiro atoms. The molecule has 154 valence electrons. The summed E-state index contributed by atoms with van der Waals surface area (Å²) < 4.78 is 19.8. The SMILES string of the molecule is COc1ccc(Cn2c(=O)c3[nH]cnc3n(-c3cccc([S@@](C)=O)c3C)c2=O)cc1. The molecule has 4 aromatic rings. The van der Waals surface area contributed by atoms with Gasteiger partial charge in [-0.25, -0.2) is 14.3 Å². The summed E-state index contributed by atoms with van der Waals surface area (Å²) in [6.07, 6.45) is 2.97. The van der Waals surface area contributed by atoms with Crippen molar-refractivity contribution >= 4 is 22.0 Å². The molecule has 2 aromatic carbocycles. The van der Waals surface area contributed by atoms with Gasteiger partial charge >= 0.3 is 5.69 Å². The number of aromatic amines is 1. The molecule has 2 heterocycles. The van der Waals surface area contributed by atoms with E-state index in [0.717, 1.165) is 10.1 Å². The Hall–Kier alpha value is -3.46. The summed E-state index contributed by atoms with van der Waals surface area (Å²) in [7, 11) is 0.350. The monoisotopic (exact) mass is 424 g/mol. The van der Waals surface area contributed by atoms with Crippen molar-refractivity contribution in [2.75, 3.05) is 13.4 Å². The van der Waals surface area contributed by atoms with E-state index < -0.39 is 22.0 Å². The van der Waals surface area contributed by atoms with Crippen molar-refractivity contribution in [3.05, 3.63) is 80.8 Å². The number of hydrogen-bond acceptors (Lipinski definition) is 5. The van der Waals surface area contributed by atoms with E-state index in [9.17, 15) is 13.8 Å². The van der Waals surface area contributed by atoms with Crippen LogP contribution in [0.3, 0.4) is 0 Å². The van der Waals surface area contributed by atoms with E-state index in [-0.39, 0.29) is 17.7 Å². The highest BCUT2D eigenvalue weighted by molar-refractivity contribution is 7.84. The van der Waals surface area contributed by atoms with Crippen LogP contribution in [0.2, 0.25) is 0 Å². The summed E-state index contributed by atoms with van der Waals surface area (Å²) in [5.74, 6) is 0.688. The lowest BCUT2D eigenvalue weighted by molar-refractivity contribution is 0.414. The van der Waals surface area contributed by atoms with Crippen LogP contribution in [-0.4, -0.2) is 36.7 Å². The Kier molecular flexibility index (Phi) is 5.13. The average Bonchev–Trinajstić information content (AvgIpc) is 3.22. The molecule has 0 radical (unpaired) electrons. The van der Waals surface area contributed by atoms with Gasteiger partial charge in [-0.3, -0.25) is 13.6 Å². The van der Waals surface area contributed by atoms with E-state index in [4.69, 9.17) is 4.74 Å². The summed E-state index contributed by atoms with van der Waals surface area (Å²) in [6, 6.07) is 12.4. The van der Waals surface area contributed by atoms with Gasteiger partial charge in [0.25, 0.3) is 5.56 Å². The first-order valence-electron chi connectivity index (χ1n) is 9.17. The predicted molar refractivity (Wildman–Crippen MR) is 115 cm³/mol. The van der Waals surface area contributed by atoms with Crippen molar-refractivity contribution in [1.29, 1.82) is 0 Å². The van der Waals surface area contributed by atoms with Crippen LogP contribution in [0.4, 0.5) is 0 Å². The number of nitrogens with one attached hydrogen (secondary N) is 1. The lowest BCUT2D eigenvalue weighted by Crippen LogP contribution is -2.40. The maximum absolute atomic E-state index is 13.4. The Morgan fingerprint density at radius 2 is 1.87 bits per heavy atom. The van der Waals surface area contributed by atoms with Crippen LogP contribution in [0, 0.1) is 6.92 Å². The molecule has 9 heteroatoms. The normalized spacial score (nSPS) is 12.2. The van der Waals surface area contributed by atoms with Crippen LogP contribution < -0.4 is 16.0 Å². The Balaban J connectivity index is 1.97. The van der Waals surface area contributed by atoms with Crippen molar-refractivity contribution in [2.45, 2.75) is 18.4 Å². The highest BCUT2D eigenvalue weighted by Crippen LogP contribution is 2.21. The van der Waals surface area contributed by atoms with Crippen LogP contribution in [0.1, 0.15) is 11.1 Å². The molecule has 30 heavy (non-hydrogen) atoms. The van der Waals surface area contributed by atoms with Gasteiger partial charge in [-0.15, -0.1) is 0 Å². The number of methoxy groups -OCH3 is 1. The molecule has 4 rings (SSSR count). The van der Waals surface area contributed by atoms with Gasteiger partial charge in [0.1, 0.15) is 11.3 Å². The molecule has 1 atom stereocenters. The lowest BCUT2D eigenvalue weighted by atomic mass is 10.2. The number of ether oxygens (including phenoxy) is 1. The molecule has 0 aliphatic rings. The first-order valence-corrected chi connectivity index (χ1v) is 10.7. The van der Waals surface area contributed by atoms with Crippen LogP contribution in [0.25, 0.3) is 16.9 Å². The van der Waals surface area contributed by atoms with Gasteiger partial charge in [0.05, 0.1) is 36.5 Å². The first-order chi connectivity index (χ1) is 14.4. The summed E-state index contributed by atoms with van der Waals surface area (Å²) in [5.41, 5.74) is 1.50. The number of nitrogens with zero attached hydrogens (tertiary/aromatic N) is 3. The molecule has 0 aliphatic heterocycles. The number of rotatable bonds is 5. The van der Waals surface area contributed by atoms with E-state index in [1.54, 1.807) is 62.8 Å². The van der Waals surface area contributed by atoms with Gasteiger partial charge in [-0.1, -0.05) is 18.2 Å². The second kappa shape index (κ2) is 7.75. The largest absolute Gasteiger partial charge is 0.497 e. The number of hydrogen-bond donors (Lipinski definition) is 1. The molecule has 0 saturated carbocycles. The first kappa shape index (κ1) is 19.8. The zero-order valence-corrected chi connectivity index (χ0v) is 17.5. The lowest BCUT2D eigenvalue weighted by Gasteiger charge is -2.15. The highest BCUT2D eigenvalue weighted by atomic mass is 32.2. The third kappa shape index (κ3) is 3.26. The quantitative estimate of drug-likeness (QED) is 0.528. The summed E-state index contributed by atoms with van der Waals surface area (Å²) in [5, 5.41) is 0. The number of H-pyrrole nitrogens is 1. The molecule has 1 N–H and O–H groups in total. The second-order valence-electron chi connectivity index (χ2n) is 6.81. The van der Waals surface area contributed by atoms with Gasteiger partial charge in [-0.2, -0.15) is 0 Å². The Morgan fingerprint density at radius 1 is 1.13 bits per heavy atom. The molecule has 0 aliphatic carbocycles. The third-order valence-electron chi connectivity index (χ3n) is 5.02. The molecule has 8 nitrogen and oxygen atoms in total. The fourth-order valence-electron chi connectivity index (χ4n) is 3.47. The summed E-state index contributed by atoms with van der Waals surface area (Å²) in [6.45, 7) is 1.89. The summed E-state index contributed by atoms with van der Waals surface area (Å²) >= 11 is 0. The Labute approximate surface area is 174 Å². The van der Waals surface area contributed by atoms with Crippen LogP contribution in [0.5, 0.6) is 5.75 Å². The van der Waals surface area contributed by atoms with E-state index in [0.29, 0.717) is 21.9 Å². The van der Waals surface area contributed by atoms with Gasteiger partial charge in [0.2, 0.25) is 0 Å². The minimum absolute atomic E-state index is 0.0923. The molecular weight excluding hydrogens is 404 g/mol. The fourth-order valence-corrected chi connectivity index (χ4v) is 4.28.